The number of benzene rings is 1. The monoisotopic (exact) mass is 377 g/mol. The maximum Gasteiger partial charge on any atom is 0.257 e. The van der Waals surface area contributed by atoms with Crippen molar-refractivity contribution in [1.82, 2.24) is 14.7 Å². The van der Waals surface area contributed by atoms with Gasteiger partial charge in [0.1, 0.15) is 11.6 Å². The summed E-state index contributed by atoms with van der Waals surface area (Å²) in [6, 6.07) is 3.97. The maximum atomic E-state index is 13.5. The number of amides is 2. The topological polar surface area (TPSA) is 53.1 Å². The van der Waals surface area contributed by atoms with Gasteiger partial charge in [-0.25, -0.2) is 4.39 Å². The van der Waals surface area contributed by atoms with Crippen molar-refractivity contribution in [2.24, 2.45) is 0 Å². The molecule has 0 aliphatic carbocycles. The molecule has 7 heteroatoms. The van der Waals surface area contributed by atoms with Gasteiger partial charge >= 0.3 is 0 Å². The van der Waals surface area contributed by atoms with Crippen molar-refractivity contribution >= 4 is 11.8 Å². The summed E-state index contributed by atoms with van der Waals surface area (Å²) in [5.41, 5.74) is 0.242. The summed E-state index contributed by atoms with van der Waals surface area (Å²) in [5.74, 6) is -0.130. The molecule has 148 valence electrons. The van der Waals surface area contributed by atoms with Crippen LogP contribution in [0.4, 0.5) is 4.39 Å². The molecule has 0 radical (unpaired) electrons. The third-order valence-electron chi connectivity index (χ3n) is 5.37. The number of hydrogen-bond acceptors (Lipinski definition) is 4. The van der Waals surface area contributed by atoms with Crippen molar-refractivity contribution in [1.29, 1.82) is 0 Å². The Labute approximate surface area is 159 Å². The minimum absolute atomic E-state index is 0.184. The van der Waals surface area contributed by atoms with Crippen LogP contribution in [0.1, 0.15) is 36.0 Å². The number of carbonyl (C=O) groups excluding carboxylic acids is 2. The van der Waals surface area contributed by atoms with Gasteiger partial charge in [-0.15, -0.1) is 0 Å². The van der Waals surface area contributed by atoms with E-state index in [1.807, 2.05) is 4.90 Å². The number of methoxy groups -OCH3 is 1. The highest BCUT2D eigenvalue weighted by atomic mass is 19.1. The van der Waals surface area contributed by atoms with Crippen molar-refractivity contribution < 1.29 is 18.7 Å². The molecule has 0 aromatic heterocycles. The summed E-state index contributed by atoms with van der Waals surface area (Å²) < 4.78 is 18.7. The van der Waals surface area contributed by atoms with Gasteiger partial charge in [0.05, 0.1) is 19.2 Å². The standard InChI is InChI=1S/C20H28FN3O3/c1-27-18-7-6-16(21)14-17(18)20(26)24-12-10-22(11-13-24)15-19(25)23-8-4-2-3-5-9-23/h6-7,14H,2-5,8-13,15H2,1H3. The number of rotatable bonds is 4. The molecule has 1 aromatic carbocycles. The molecule has 0 N–H and O–H groups in total. The van der Waals surface area contributed by atoms with Crippen LogP contribution in [0.3, 0.4) is 0 Å². The first-order valence-electron chi connectivity index (χ1n) is 9.71. The fraction of sp³-hybridized carbons (Fsp3) is 0.600. The smallest absolute Gasteiger partial charge is 0.257 e. The van der Waals surface area contributed by atoms with Crippen LogP contribution in [-0.2, 0) is 4.79 Å². The molecule has 2 amide bonds. The van der Waals surface area contributed by atoms with Crippen LogP contribution < -0.4 is 4.74 Å². The van der Waals surface area contributed by atoms with E-state index in [1.54, 1.807) is 4.90 Å². The van der Waals surface area contributed by atoms with Crippen molar-refractivity contribution in [3.63, 3.8) is 0 Å². The zero-order chi connectivity index (χ0) is 19.2. The molecular formula is C20H28FN3O3. The van der Waals surface area contributed by atoms with E-state index in [9.17, 15) is 14.0 Å². The first-order chi connectivity index (χ1) is 13.1. The largest absolute Gasteiger partial charge is 0.496 e. The van der Waals surface area contributed by atoms with Gasteiger partial charge in [-0.3, -0.25) is 14.5 Å². The quantitative estimate of drug-likeness (QED) is 0.805. The normalized spacial score (nSPS) is 18.9. The number of carbonyl (C=O) groups is 2. The molecule has 0 spiro atoms. The lowest BCUT2D eigenvalue weighted by Crippen LogP contribution is -2.51. The fourth-order valence-corrected chi connectivity index (χ4v) is 3.74. The van der Waals surface area contributed by atoms with Gasteiger partial charge in [0, 0.05) is 39.3 Å². The van der Waals surface area contributed by atoms with Crippen molar-refractivity contribution in [2.45, 2.75) is 25.7 Å². The highest BCUT2D eigenvalue weighted by Gasteiger charge is 2.26. The van der Waals surface area contributed by atoms with E-state index in [4.69, 9.17) is 4.74 Å². The Morgan fingerprint density at radius 3 is 2.26 bits per heavy atom. The molecule has 2 aliphatic heterocycles. The lowest BCUT2D eigenvalue weighted by atomic mass is 10.1. The van der Waals surface area contributed by atoms with Crippen LogP contribution in [0.15, 0.2) is 18.2 Å². The summed E-state index contributed by atoms with van der Waals surface area (Å²) in [6.07, 6.45) is 4.58. The van der Waals surface area contributed by atoms with Gasteiger partial charge in [-0.2, -0.15) is 0 Å². The Morgan fingerprint density at radius 1 is 0.963 bits per heavy atom. The van der Waals surface area contributed by atoms with E-state index in [1.165, 1.54) is 38.2 Å². The van der Waals surface area contributed by atoms with E-state index in [0.717, 1.165) is 25.9 Å². The number of piperazine rings is 1. The van der Waals surface area contributed by atoms with Crippen LogP contribution in [0.2, 0.25) is 0 Å². The Bertz CT molecular complexity index is 666. The van der Waals surface area contributed by atoms with Crippen LogP contribution in [0.5, 0.6) is 5.75 Å². The van der Waals surface area contributed by atoms with Crippen LogP contribution >= 0.6 is 0 Å². The third kappa shape index (κ3) is 4.97. The fourth-order valence-electron chi connectivity index (χ4n) is 3.74. The van der Waals surface area contributed by atoms with Gasteiger partial charge in [0.25, 0.3) is 5.91 Å². The SMILES string of the molecule is COc1ccc(F)cc1C(=O)N1CCN(CC(=O)N2CCCCCC2)CC1. The summed E-state index contributed by atoms with van der Waals surface area (Å²) >= 11 is 0. The second-order valence-corrected chi connectivity index (χ2v) is 7.21. The van der Waals surface area contributed by atoms with E-state index >= 15 is 0 Å². The molecule has 2 saturated heterocycles. The molecule has 2 heterocycles. The molecular weight excluding hydrogens is 349 g/mol. The predicted octanol–water partition coefficient (Wildman–Crippen LogP) is 1.99. The van der Waals surface area contributed by atoms with Crippen molar-refractivity contribution in [3.8, 4) is 5.75 Å². The van der Waals surface area contributed by atoms with E-state index in [2.05, 4.69) is 4.90 Å². The number of likely N-dealkylation sites (tertiary alicyclic amines) is 1. The number of hydrogen-bond donors (Lipinski definition) is 0. The molecule has 3 rings (SSSR count). The number of halogens is 1. The molecule has 0 saturated carbocycles. The Hall–Kier alpha value is -2.15. The maximum absolute atomic E-state index is 13.5. The zero-order valence-electron chi connectivity index (χ0n) is 16.0. The highest BCUT2D eigenvalue weighted by Crippen LogP contribution is 2.22. The molecule has 0 bridgehead atoms. The molecule has 2 fully saturated rings. The van der Waals surface area contributed by atoms with E-state index in [-0.39, 0.29) is 17.4 Å². The second kappa shape index (κ2) is 9.17. The molecule has 0 unspecified atom stereocenters. The summed E-state index contributed by atoms with van der Waals surface area (Å²) in [6.45, 7) is 4.45. The highest BCUT2D eigenvalue weighted by molar-refractivity contribution is 5.97. The van der Waals surface area contributed by atoms with Crippen LogP contribution in [0, 0.1) is 5.82 Å². The molecule has 6 nitrogen and oxygen atoms in total. The summed E-state index contributed by atoms with van der Waals surface area (Å²) in [4.78, 5) is 31.0. The first-order valence-corrected chi connectivity index (χ1v) is 9.71. The lowest BCUT2D eigenvalue weighted by Gasteiger charge is -2.35. The van der Waals surface area contributed by atoms with Crippen LogP contribution in [0.25, 0.3) is 0 Å². The first kappa shape index (κ1) is 19.6. The van der Waals surface area contributed by atoms with Crippen molar-refractivity contribution in [2.75, 3.05) is 52.9 Å². The van der Waals surface area contributed by atoms with Crippen molar-refractivity contribution in [3.05, 3.63) is 29.6 Å². The summed E-state index contributed by atoms with van der Waals surface area (Å²) in [7, 11) is 1.47. The molecule has 27 heavy (non-hydrogen) atoms. The van der Waals surface area contributed by atoms with E-state index in [0.29, 0.717) is 38.5 Å². The van der Waals surface area contributed by atoms with Crippen LogP contribution in [-0.4, -0.2) is 79.4 Å². The minimum atomic E-state index is -0.458. The average molecular weight is 377 g/mol. The number of nitrogens with zero attached hydrogens (tertiary/aromatic N) is 3. The Kier molecular flexibility index (Phi) is 6.66. The minimum Gasteiger partial charge on any atom is -0.496 e. The second-order valence-electron chi connectivity index (χ2n) is 7.21. The van der Waals surface area contributed by atoms with Gasteiger partial charge in [-0.1, -0.05) is 12.8 Å². The Balaban J connectivity index is 1.53. The van der Waals surface area contributed by atoms with E-state index < -0.39 is 5.82 Å². The molecule has 2 aliphatic rings. The zero-order valence-corrected chi connectivity index (χ0v) is 16.0. The molecule has 0 atom stereocenters. The third-order valence-corrected chi connectivity index (χ3v) is 5.37. The van der Waals surface area contributed by atoms with Gasteiger partial charge in [-0.05, 0) is 31.0 Å². The lowest BCUT2D eigenvalue weighted by molar-refractivity contribution is -0.132. The Morgan fingerprint density at radius 2 is 1.63 bits per heavy atom. The average Bonchev–Trinajstić information content (AvgIpc) is 2.97. The van der Waals surface area contributed by atoms with Gasteiger partial charge in [0.2, 0.25) is 5.91 Å². The number of ether oxygens (including phenoxy) is 1. The predicted molar refractivity (Wildman–Crippen MR) is 100 cm³/mol. The van der Waals surface area contributed by atoms with Gasteiger partial charge < -0.3 is 14.5 Å². The summed E-state index contributed by atoms with van der Waals surface area (Å²) in [5, 5.41) is 0. The molecule has 1 aromatic rings. The van der Waals surface area contributed by atoms with Gasteiger partial charge in [0.15, 0.2) is 0 Å².